The molecule has 0 aliphatic rings. The summed E-state index contributed by atoms with van der Waals surface area (Å²) in [5.74, 6) is 0.970. The molecule has 0 fully saturated rings. The predicted octanol–water partition coefficient (Wildman–Crippen LogP) is 1.07. The number of aromatic nitrogens is 2. The third-order valence-corrected chi connectivity index (χ3v) is 1.60. The van der Waals surface area contributed by atoms with Gasteiger partial charge in [0.05, 0.1) is 24.4 Å². The van der Waals surface area contributed by atoms with Gasteiger partial charge in [-0.1, -0.05) is 5.16 Å². The Morgan fingerprint density at radius 1 is 1.54 bits per heavy atom. The lowest BCUT2D eigenvalue weighted by atomic mass is 10.2. The van der Waals surface area contributed by atoms with Gasteiger partial charge < -0.3 is 8.94 Å². The van der Waals surface area contributed by atoms with Gasteiger partial charge in [0.15, 0.2) is 12.0 Å². The van der Waals surface area contributed by atoms with Crippen molar-refractivity contribution in [1.29, 1.82) is 0 Å². The molecule has 0 saturated carbocycles. The van der Waals surface area contributed by atoms with Crippen LogP contribution in [0.1, 0.15) is 22.0 Å². The summed E-state index contributed by atoms with van der Waals surface area (Å²) in [4.78, 5) is 14.4. The molecule has 0 unspecified atom stereocenters. The van der Waals surface area contributed by atoms with E-state index in [0.717, 1.165) is 0 Å². The highest BCUT2D eigenvalue weighted by Crippen LogP contribution is 2.10. The summed E-state index contributed by atoms with van der Waals surface area (Å²) in [7, 11) is 0. The summed E-state index contributed by atoms with van der Waals surface area (Å²) < 4.78 is 9.84. The number of oxazole rings is 1. The predicted molar refractivity (Wildman–Crippen MR) is 41.2 cm³/mol. The van der Waals surface area contributed by atoms with Crippen LogP contribution in [0.25, 0.3) is 0 Å². The van der Waals surface area contributed by atoms with E-state index >= 15 is 0 Å². The molecule has 2 rings (SSSR count). The van der Waals surface area contributed by atoms with Crippen molar-refractivity contribution in [2.45, 2.75) is 6.42 Å². The SMILES string of the molecule is O=Cc1cnoc1Cc1ncco1. The molecule has 0 spiro atoms. The highest BCUT2D eigenvalue weighted by atomic mass is 16.5. The maximum atomic E-state index is 10.5. The normalized spacial score (nSPS) is 10.2. The van der Waals surface area contributed by atoms with Crippen LogP contribution in [0.2, 0.25) is 0 Å². The van der Waals surface area contributed by atoms with Gasteiger partial charge in [-0.2, -0.15) is 0 Å². The van der Waals surface area contributed by atoms with Gasteiger partial charge >= 0.3 is 0 Å². The Balaban J connectivity index is 2.23. The van der Waals surface area contributed by atoms with Gasteiger partial charge in [0.25, 0.3) is 0 Å². The van der Waals surface area contributed by atoms with E-state index in [-0.39, 0.29) is 0 Å². The lowest BCUT2D eigenvalue weighted by Crippen LogP contribution is -1.89. The highest BCUT2D eigenvalue weighted by Gasteiger charge is 2.10. The molecule has 0 N–H and O–H groups in total. The summed E-state index contributed by atoms with van der Waals surface area (Å²) in [6.07, 6.45) is 5.40. The van der Waals surface area contributed by atoms with E-state index in [9.17, 15) is 4.79 Å². The standard InChI is InChI=1S/C8H6N2O3/c11-5-6-4-10-13-7(6)3-8-9-1-2-12-8/h1-2,4-5H,3H2. The number of hydrogen-bond donors (Lipinski definition) is 0. The van der Waals surface area contributed by atoms with Gasteiger partial charge in [0, 0.05) is 0 Å². The van der Waals surface area contributed by atoms with Gasteiger partial charge in [-0.15, -0.1) is 0 Å². The van der Waals surface area contributed by atoms with E-state index in [1.165, 1.54) is 18.7 Å². The first-order chi connectivity index (χ1) is 6.40. The molecule has 2 aromatic rings. The van der Waals surface area contributed by atoms with E-state index in [4.69, 9.17) is 8.94 Å². The lowest BCUT2D eigenvalue weighted by molar-refractivity contribution is 0.112. The van der Waals surface area contributed by atoms with Crippen LogP contribution in [0.5, 0.6) is 0 Å². The van der Waals surface area contributed by atoms with E-state index in [1.54, 1.807) is 0 Å². The van der Waals surface area contributed by atoms with Crippen molar-refractivity contribution in [2.75, 3.05) is 0 Å². The zero-order valence-electron chi connectivity index (χ0n) is 6.64. The zero-order chi connectivity index (χ0) is 9.10. The van der Waals surface area contributed by atoms with Crippen LogP contribution < -0.4 is 0 Å². The first-order valence-corrected chi connectivity index (χ1v) is 3.67. The summed E-state index contributed by atoms with van der Waals surface area (Å²) in [6, 6.07) is 0. The second-order valence-electron chi connectivity index (χ2n) is 2.42. The summed E-state index contributed by atoms with van der Waals surface area (Å²) in [5, 5.41) is 3.50. The minimum absolute atomic E-state index is 0.348. The average Bonchev–Trinajstić information content (AvgIpc) is 2.76. The summed E-state index contributed by atoms with van der Waals surface area (Å²) in [6.45, 7) is 0. The maximum Gasteiger partial charge on any atom is 0.201 e. The molecule has 0 atom stereocenters. The fourth-order valence-corrected chi connectivity index (χ4v) is 0.980. The minimum atomic E-state index is 0.348. The summed E-state index contributed by atoms with van der Waals surface area (Å²) in [5.41, 5.74) is 0.429. The van der Waals surface area contributed by atoms with Crippen molar-refractivity contribution in [3.8, 4) is 0 Å². The molecule has 66 valence electrons. The van der Waals surface area contributed by atoms with Gasteiger partial charge in [0.1, 0.15) is 6.26 Å². The number of rotatable bonds is 3. The van der Waals surface area contributed by atoms with Gasteiger partial charge in [-0.05, 0) is 0 Å². The molecule has 5 heteroatoms. The first-order valence-electron chi connectivity index (χ1n) is 3.67. The Kier molecular flexibility index (Phi) is 1.91. The second kappa shape index (κ2) is 3.22. The Labute approximate surface area is 73.4 Å². The lowest BCUT2D eigenvalue weighted by Gasteiger charge is -1.89. The number of carbonyl (C=O) groups excluding carboxylic acids is 1. The average molecular weight is 178 g/mol. The van der Waals surface area contributed by atoms with Crippen LogP contribution in [0.4, 0.5) is 0 Å². The van der Waals surface area contributed by atoms with Crippen LogP contribution >= 0.6 is 0 Å². The van der Waals surface area contributed by atoms with Crippen molar-refractivity contribution in [3.63, 3.8) is 0 Å². The molecule has 0 amide bonds. The van der Waals surface area contributed by atoms with Gasteiger partial charge in [0.2, 0.25) is 5.89 Å². The van der Waals surface area contributed by atoms with Crippen LogP contribution in [-0.4, -0.2) is 16.4 Å². The van der Waals surface area contributed by atoms with Crippen molar-refractivity contribution in [1.82, 2.24) is 10.1 Å². The Hall–Kier alpha value is -1.91. The van der Waals surface area contributed by atoms with Crippen molar-refractivity contribution in [2.24, 2.45) is 0 Å². The molecule has 0 aliphatic carbocycles. The first kappa shape index (κ1) is 7.72. The molecule has 0 radical (unpaired) electrons. The fourth-order valence-electron chi connectivity index (χ4n) is 0.980. The van der Waals surface area contributed by atoms with E-state index in [1.807, 2.05) is 0 Å². The molecule has 0 bridgehead atoms. The molecular formula is C8H6N2O3. The summed E-state index contributed by atoms with van der Waals surface area (Å²) >= 11 is 0. The van der Waals surface area contributed by atoms with Crippen LogP contribution in [0.15, 0.2) is 27.6 Å². The van der Waals surface area contributed by atoms with Gasteiger partial charge in [-0.25, -0.2) is 4.98 Å². The smallest absolute Gasteiger partial charge is 0.201 e. The molecule has 13 heavy (non-hydrogen) atoms. The van der Waals surface area contributed by atoms with Crippen LogP contribution in [0, 0.1) is 0 Å². The third-order valence-electron chi connectivity index (χ3n) is 1.60. The van der Waals surface area contributed by atoms with E-state index in [2.05, 4.69) is 10.1 Å². The van der Waals surface area contributed by atoms with Gasteiger partial charge in [-0.3, -0.25) is 4.79 Å². The molecule has 2 heterocycles. The maximum absolute atomic E-state index is 10.5. The molecule has 0 saturated heterocycles. The van der Waals surface area contributed by atoms with Crippen LogP contribution in [-0.2, 0) is 6.42 Å². The van der Waals surface area contributed by atoms with E-state index < -0.39 is 0 Å². The van der Waals surface area contributed by atoms with Crippen molar-refractivity contribution < 1.29 is 13.7 Å². The number of carbonyl (C=O) groups is 1. The Morgan fingerprint density at radius 2 is 2.46 bits per heavy atom. The van der Waals surface area contributed by atoms with Crippen molar-refractivity contribution >= 4 is 6.29 Å². The molecule has 5 nitrogen and oxygen atoms in total. The number of aldehydes is 1. The molecule has 0 aliphatic heterocycles. The topological polar surface area (TPSA) is 69.1 Å². The second-order valence-corrected chi connectivity index (χ2v) is 2.42. The monoisotopic (exact) mass is 178 g/mol. The highest BCUT2D eigenvalue weighted by molar-refractivity contribution is 5.75. The van der Waals surface area contributed by atoms with E-state index in [0.29, 0.717) is 29.9 Å². The fraction of sp³-hybridized carbons (Fsp3) is 0.125. The van der Waals surface area contributed by atoms with Crippen LogP contribution in [0.3, 0.4) is 0 Å². The largest absolute Gasteiger partial charge is 0.449 e. The minimum Gasteiger partial charge on any atom is -0.449 e. The van der Waals surface area contributed by atoms with Crippen molar-refractivity contribution in [3.05, 3.63) is 35.9 Å². The third kappa shape index (κ3) is 1.48. The quantitative estimate of drug-likeness (QED) is 0.657. The Bertz CT molecular complexity index is 391. The zero-order valence-corrected chi connectivity index (χ0v) is 6.64. The number of nitrogens with zero attached hydrogens (tertiary/aromatic N) is 2. The molecule has 2 aromatic heterocycles. The molecular weight excluding hydrogens is 172 g/mol. The number of hydrogen-bond acceptors (Lipinski definition) is 5. The molecule has 0 aromatic carbocycles. The Morgan fingerprint density at radius 3 is 3.15 bits per heavy atom.